The molecule has 3 aromatic heterocycles. The van der Waals surface area contributed by atoms with E-state index >= 15 is 0 Å². The van der Waals surface area contributed by atoms with Crippen LogP contribution in [-0.2, 0) is 11.3 Å². The number of carbonyl (C=O) groups excluding carboxylic acids is 1. The number of benzene rings is 2. The molecule has 0 aliphatic rings. The fourth-order valence-corrected chi connectivity index (χ4v) is 3.30. The first-order chi connectivity index (χ1) is 14.3. The van der Waals surface area contributed by atoms with E-state index in [4.69, 9.17) is 9.15 Å². The first kappa shape index (κ1) is 17.2. The Morgan fingerprint density at radius 1 is 1.03 bits per heavy atom. The van der Waals surface area contributed by atoms with Crippen molar-refractivity contribution in [2.24, 2.45) is 0 Å². The van der Waals surface area contributed by atoms with Crippen molar-refractivity contribution >= 4 is 28.0 Å². The van der Waals surface area contributed by atoms with E-state index < -0.39 is 0 Å². The second-order valence-electron chi connectivity index (χ2n) is 6.66. The third-order valence-corrected chi connectivity index (χ3v) is 4.71. The number of esters is 1. The molecule has 0 aliphatic heterocycles. The maximum absolute atomic E-state index is 12.3. The van der Waals surface area contributed by atoms with Gasteiger partial charge in [0.2, 0.25) is 5.89 Å². The summed E-state index contributed by atoms with van der Waals surface area (Å²) < 4.78 is 13.3. The van der Waals surface area contributed by atoms with Crippen LogP contribution < -0.4 is 4.74 Å². The van der Waals surface area contributed by atoms with E-state index in [2.05, 4.69) is 20.6 Å². The average Bonchev–Trinajstić information content (AvgIpc) is 3.37. The van der Waals surface area contributed by atoms with Crippen LogP contribution in [0.3, 0.4) is 0 Å². The van der Waals surface area contributed by atoms with E-state index in [9.17, 15) is 4.79 Å². The van der Waals surface area contributed by atoms with Gasteiger partial charge in [-0.3, -0.25) is 9.78 Å². The number of oxazole rings is 1. The van der Waals surface area contributed by atoms with Crippen LogP contribution >= 0.6 is 0 Å². The van der Waals surface area contributed by atoms with Gasteiger partial charge in [0.1, 0.15) is 17.0 Å². The van der Waals surface area contributed by atoms with Crippen molar-refractivity contribution in [2.75, 3.05) is 0 Å². The minimum atomic E-state index is -0.299. The van der Waals surface area contributed by atoms with Crippen molar-refractivity contribution in [3.63, 3.8) is 0 Å². The quantitative estimate of drug-likeness (QED) is 0.321. The zero-order valence-electron chi connectivity index (χ0n) is 15.5. The summed E-state index contributed by atoms with van der Waals surface area (Å²) in [6.07, 6.45) is 3.94. The molecule has 0 atom stereocenters. The van der Waals surface area contributed by atoms with Crippen LogP contribution in [0.25, 0.3) is 33.6 Å². The number of pyridine rings is 1. The molecule has 0 spiro atoms. The van der Waals surface area contributed by atoms with E-state index in [1.54, 1.807) is 24.4 Å². The highest BCUT2D eigenvalue weighted by atomic mass is 16.5. The highest BCUT2D eigenvalue weighted by Crippen LogP contribution is 2.26. The lowest BCUT2D eigenvalue weighted by atomic mass is 10.2. The zero-order valence-corrected chi connectivity index (χ0v) is 15.5. The van der Waals surface area contributed by atoms with Crippen molar-refractivity contribution in [3.05, 3.63) is 79.1 Å². The van der Waals surface area contributed by atoms with Gasteiger partial charge in [-0.1, -0.05) is 24.3 Å². The second kappa shape index (κ2) is 7.24. The van der Waals surface area contributed by atoms with Crippen LogP contribution in [0.5, 0.6) is 5.75 Å². The van der Waals surface area contributed by atoms with Crippen molar-refractivity contribution in [3.8, 4) is 17.3 Å². The summed E-state index contributed by atoms with van der Waals surface area (Å²) in [5.41, 5.74) is 2.99. The van der Waals surface area contributed by atoms with E-state index in [1.807, 2.05) is 48.7 Å². The first-order valence-electron chi connectivity index (χ1n) is 9.33. The van der Waals surface area contributed by atoms with Gasteiger partial charge in [0, 0.05) is 30.5 Å². The molecular weight excluding hydrogens is 366 g/mol. The lowest BCUT2D eigenvalue weighted by molar-refractivity contribution is -0.134. The molecule has 142 valence electrons. The number of hydrogen-bond donors (Lipinski definition) is 0. The molecule has 6 heteroatoms. The number of rotatable bonds is 5. The van der Waals surface area contributed by atoms with E-state index in [-0.39, 0.29) is 12.4 Å². The van der Waals surface area contributed by atoms with Crippen molar-refractivity contribution < 1.29 is 13.9 Å². The predicted octanol–water partition coefficient (Wildman–Crippen LogP) is 4.84. The second-order valence-corrected chi connectivity index (χ2v) is 6.66. The molecule has 5 rings (SSSR count). The Labute approximate surface area is 166 Å². The zero-order chi connectivity index (χ0) is 19.6. The van der Waals surface area contributed by atoms with Gasteiger partial charge < -0.3 is 13.7 Å². The Morgan fingerprint density at radius 2 is 1.93 bits per heavy atom. The molecule has 0 aliphatic carbocycles. The molecule has 0 saturated heterocycles. The average molecular weight is 383 g/mol. The number of fused-ring (bicyclic) bond motifs is 2. The topological polar surface area (TPSA) is 70.2 Å². The van der Waals surface area contributed by atoms with Crippen LogP contribution in [-0.4, -0.2) is 20.5 Å². The number of aryl methyl sites for hydroxylation is 1. The minimum absolute atomic E-state index is 0.270. The molecular formula is C23H17N3O3. The molecule has 6 nitrogen and oxygen atoms in total. The van der Waals surface area contributed by atoms with Gasteiger partial charge in [-0.2, -0.15) is 0 Å². The summed E-state index contributed by atoms with van der Waals surface area (Å²) >= 11 is 0. The lowest BCUT2D eigenvalue weighted by Gasteiger charge is -2.06. The molecule has 0 saturated carbocycles. The smallest absolute Gasteiger partial charge is 0.312 e. The first-order valence-corrected chi connectivity index (χ1v) is 9.33. The largest absolute Gasteiger partial charge is 0.435 e. The SMILES string of the molecule is O=C(CCn1ccc2ccccc21)Oc1ccc2nc(-c3ccccn3)oc2c1. The summed E-state index contributed by atoms with van der Waals surface area (Å²) in [6, 6.07) is 20.8. The van der Waals surface area contributed by atoms with Crippen LogP contribution in [0.2, 0.25) is 0 Å². The third kappa shape index (κ3) is 3.48. The van der Waals surface area contributed by atoms with Crippen LogP contribution in [0.1, 0.15) is 6.42 Å². The molecule has 0 N–H and O–H groups in total. The van der Waals surface area contributed by atoms with E-state index in [0.717, 1.165) is 10.9 Å². The van der Waals surface area contributed by atoms with Gasteiger partial charge in [0.15, 0.2) is 5.58 Å². The molecule has 0 fully saturated rings. The predicted molar refractivity (Wildman–Crippen MR) is 109 cm³/mol. The van der Waals surface area contributed by atoms with Crippen LogP contribution in [0.4, 0.5) is 0 Å². The number of hydrogen-bond acceptors (Lipinski definition) is 5. The number of aromatic nitrogens is 3. The minimum Gasteiger partial charge on any atom is -0.435 e. The Bertz CT molecular complexity index is 1300. The highest BCUT2D eigenvalue weighted by molar-refractivity contribution is 5.81. The monoisotopic (exact) mass is 383 g/mol. The number of nitrogens with zero attached hydrogens (tertiary/aromatic N) is 3. The number of ether oxygens (including phenoxy) is 1. The molecule has 29 heavy (non-hydrogen) atoms. The molecule has 0 unspecified atom stereocenters. The lowest BCUT2D eigenvalue weighted by Crippen LogP contribution is -2.11. The van der Waals surface area contributed by atoms with Gasteiger partial charge in [-0.05, 0) is 41.8 Å². The molecule has 2 aromatic carbocycles. The van der Waals surface area contributed by atoms with Crippen molar-refractivity contribution in [2.45, 2.75) is 13.0 Å². The Balaban J connectivity index is 1.29. The molecule has 0 radical (unpaired) electrons. The molecule has 5 aromatic rings. The summed E-state index contributed by atoms with van der Waals surface area (Å²) in [4.78, 5) is 21.0. The summed E-state index contributed by atoms with van der Waals surface area (Å²) in [7, 11) is 0. The number of carbonyl (C=O) groups is 1. The summed E-state index contributed by atoms with van der Waals surface area (Å²) in [5.74, 6) is 0.568. The molecule has 0 bridgehead atoms. The van der Waals surface area contributed by atoms with Gasteiger partial charge >= 0.3 is 5.97 Å². The van der Waals surface area contributed by atoms with E-state index in [0.29, 0.717) is 35.0 Å². The molecule has 3 heterocycles. The third-order valence-electron chi connectivity index (χ3n) is 4.71. The van der Waals surface area contributed by atoms with Gasteiger partial charge in [-0.15, -0.1) is 0 Å². The standard InChI is InChI=1S/C23H17N3O3/c27-22(11-14-26-13-10-16-5-1-2-7-20(16)26)28-17-8-9-18-21(15-17)29-23(25-18)19-6-3-4-12-24-19/h1-10,12-13,15H,11,14H2. The fourth-order valence-electron chi connectivity index (χ4n) is 3.30. The van der Waals surface area contributed by atoms with Gasteiger partial charge in [0.05, 0.1) is 6.42 Å². The molecule has 0 amide bonds. The van der Waals surface area contributed by atoms with Gasteiger partial charge in [0.25, 0.3) is 0 Å². The Hall–Kier alpha value is -3.93. The highest BCUT2D eigenvalue weighted by Gasteiger charge is 2.12. The van der Waals surface area contributed by atoms with Crippen LogP contribution in [0.15, 0.2) is 83.5 Å². The van der Waals surface area contributed by atoms with E-state index in [1.165, 1.54) is 0 Å². The summed E-state index contributed by atoms with van der Waals surface area (Å²) in [5, 5.41) is 1.15. The maximum Gasteiger partial charge on any atom is 0.312 e. The Kier molecular flexibility index (Phi) is 4.29. The fraction of sp³-hybridized carbons (Fsp3) is 0.0870. The number of para-hydroxylation sites is 1. The summed E-state index contributed by atoms with van der Waals surface area (Å²) in [6.45, 7) is 0.556. The van der Waals surface area contributed by atoms with Gasteiger partial charge in [-0.25, -0.2) is 4.98 Å². The van der Waals surface area contributed by atoms with Crippen molar-refractivity contribution in [1.82, 2.24) is 14.5 Å². The van der Waals surface area contributed by atoms with Crippen molar-refractivity contribution in [1.29, 1.82) is 0 Å². The van der Waals surface area contributed by atoms with Crippen LogP contribution in [0, 0.1) is 0 Å². The Morgan fingerprint density at radius 3 is 2.83 bits per heavy atom. The maximum atomic E-state index is 12.3. The normalized spacial score (nSPS) is 11.2.